The second-order valence-electron chi connectivity index (χ2n) is 6.94. The van der Waals surface area contributed by atoms with Crippen LogP contribution < -0.4 is 16.4 Å². The molecule has 0 aliphatic rings. The Balaban J connectivity index is 1.79. The molecule has 0 saturated heterocycles. The quantitative estimate of drug-likeness (QED) is 0.272. The van der Waals surface area contributed by atoms with Crippen molar-refractivity contribution in [1.29, 1.82) is 5.26 Å². The van der Waals surface area contributed by atoms with Crippen LogP contribution in [0.25, 0.3) is 10.9 Å². The lowest BCUT2D eigenvalue weighted by molar-refractivity contribution is 0.628. The number of fused-ring (bicyclic) bond motifs is 1. The second kappa shape index (κ2) is 9.48. The van der Waals surface area contributed by atoms with Crippen LogP contribution in [0.3, 0.4) is 0 Å². The molecule has 32 heavy (non-hydrogen) atoms. The molecule has 11 heteroatoms. The van der Waals surface area contributed by atoms with Gasteiger partial charge < -0.3 is 16.4 Å². The van der Waals surface area contributed by atoms with Gasteiger partial charge in [-0.05, 0) is 59.2 Å². The van der Waals surface area contributed by atoms with Crippen molar-refractivity contribution in [3.8, 4) is 6.07 Å². The minimum absolute atomic E-state index is 0.0207. The molecule has 8 nitrogen and oxygen atoms in total. The molecule has 5 N–H and O–H groups in total. The van der Waals surface area contributed by atoms with Gasteiger partial charge >= 0.3 is 0 Å². The standard InChI is InChI=1S/C21H17BrClFN8/c22-15-6-13(29-18(3-4-25)19-10-28-32-31-19)5-14-20(11(8-26)9-27-21(14)15)30-12-1-2-17(24)16(23)7-12/h1-2,5-7,9-10,18,29H,3-4,25H2,(H,27,30)(H,28,31,32). The molecule has 0 aliphatic carbocycles. The molecular formula is C21H17BrClFN8. The van der Waals surface area contributed by atoms with E-state index >= 15 is 0 Å². The number of rotatable bonds is 7. The summed E-state index contributed by atoms with van der Waals surface area (Å²) in [6.07, 6.45) is 3.77. The van der Waals surface area contributed by atoms with E-state index in [2.05, 4.69) is 53.0 Å². The van der Waals surface area contributed by atoms with Crippen LogP contribution in [-0.4, -0.2) is 26.9 Å². The first-order valence-electron chi connectivity index (χ1n) is 9.57. The van der Waals surface area contributed by atoms with Gasteiger partial charge in [0.2, 0.25) is 0 Å². The fourth-order valence-corrected chi connectivity index (χ4v) is 4.06. The molecule has 4 aromatic rings. The minimum atomic E-state index is -0.523. The maximum Gasteiger partial charge on any atom is 0.141 e. The van der Waals surface area contributed by atoms with Crippen LogP contribution in [0.2, 0.25) is 5.02 Å². The van der Waals surface area contributed by atoms with Crippen LogP contribution in [0.1, 0.15) is 23.7 Å². The Kier molecular flexibility index (Phi) is 6.50. The van der Waals surface area contributed by atoms with Crippen molar-refractivity contribution >= 4 is 55.5 Å². The molecule has 0 bridgehead atoms. The monoisotopic (exact) mass is 514 g/mol. The minimum Gasteiger partial charge on any atom is -0.376 e. The van der Waals surface area contributed by atoms with Gasteiger partial charge in [0.15, 0.2) is 0 Å². The Morgan fingerprint density at radius 2 is 2.09 bits per heavy atom. The van der Waals surface area contributed by atoms with Crippen molar-refractivity contribution in [3.63, 3.8) is 0 Å². The molecule has 2 heterocycles. The van der Waals surface area contributed by atoms with Gasteiger partial charge in [0.05, 0.1) is 34.0 Å². The summed E-state index contributed by atoms with van der Waals surface area (Å²) in [5.41, 5.74) is 9.33. The Labute approximate surface area is 196 Å². The first kappa shape index (κ1) is 22.0. The lowest BCUT2D eigenvalue weighted by atomic mass is 10.1. The number of hydrogen-bond donors (Lipinski definition) is 4. The van der Waals surface area contributed by atoms with Gasteiger partial charge in [-0.15, -0.1) is 0 Å². The number of nitrogens with one attached hydrogen (secondary N) is 3. The van der Waals surface area contributed by atoms with Crippen molar-refractivity contribution in [2.75, 3.05) is 17.2 Å². The van der Waals surface area contributed by atoms with Crippen molar-refractivity contribution < 1.29 is 4.39 Å². The van der Waals surface area contributed by atoms with Gasteiger partial charge in [0, 0.05) is 27.4 Å². The summed E-state index contributed by atoms with van der Waals surface area (Å²) < 4.78 is 14.3. The van der Waals surface area contributed by atoms with E-state index < -0.39 is 5.82 Å². The van der Waals surface area contributed by atoms with Crippen LogP contribution in [0.5, 0.6) is 0 Å². The van der Waals surface area contributed by atoms with Crippen molar-refractivity contribution in [3.05, 3.63) is 69.3 Å². The first-order valence-corrected chi connectivity index (χ1v) is 10.7. The van der Waals surface area contributed by atoms with Crippen molar-refractivity contribution in [2.45, 2.75) is 12.5 Å². The molecule has 162 valence electrons. The normalized spacial score (nSPS) is 11.8. The van der Waals surface area contributed by atoms with Crippen LogP contribution in [-0.2, 0) is 0 Å². The van der Waals surface area contributed by atoms with Crippen LogP contribution in [0.15, 0.2) is 47.2 Å². The lowest BCUT2D eigenvalue weighted by Gasteiger charge is -2.19. The molecule has 0 amide bonds. The molecule has 0 spiro atoms. The van der Waals surface area contributed by atoms with Gasteiger partial charge in [-0.25, -0.2) is 4.39 Å². The third-order valence-corrected chi connectivity index (χ3v) is 5.72. The van der Waals surface area contributed by atoms with Crippen molar-refractivity contribution in [2.24, 2.45) is 5.73 Å². The largest absolute Gasteiger partial charge is 0.376 e. The van der Waals surface area contributed by atoms with E-state index in [0.29, 0.717) is 40.8 Å². The number of aromatic amines is 1. The van der Waals surface area contributed by atoms with E-state index in [-0.39, 0.29) is 11.1 Å². The maximum absolute atomic E-state index is 13.6. The molecule has 2 aromatic carbocycles. The number of nitriles is 1. The van der Waals surface area contributed by atoms with Crippen LogP contribution in [0, 0.1) is 17.1 Å². The molecule has 2 aromatic heterocycles. The van der Waals surface area contributed by atoms with E-state index in [4.69, 9.17) is 17.3 Å². The fraction of sp³-hybridized carbons (Fsp3) is 0.143. The highest BCUT2D eigenvalue weighted by Gasteiger charge is 2.17. The highest BCUT2D eigenvalue weighted by molar-refractivity contribution is 9.10. The third kappa shape index (κ3) is 4.50. The van der Waals surface area contributed by atoms with E-state index in [1.807, 2.05) is 12.1 Å². The number of anilines is 3. The highest BCUT2D eigenvalue weighted by Crippen LogP contribution is 2.36. The number of halogens is 3. The van der Waals surface area contributed by atoms with Gasteiger partial charge in [0.25, 0.3) is 0 Å². The summed E-state index contributed by atoms with van der Waals surface area (Å²) in [7, 11) is 0. The predicted octanol–water partition coefficient (Wildman–Crippen LogP) is 5.03. The Morgan fingerprint density at radius 1 is 1.25 bits per heavy atom. The van der Waals surface area contributed by atoms with Crippen LogP contribution >= 0.6 is 27.5 Å². The number of aromatic nitrogens is 4. The third-order valence-electron chi connectivity index (χ3n) is 4.82. The molecule has 1 unspecified atom stereocenters. The number of pyridine rings is 1. The summed E-state index contributed by atoms with van der Waals surface area (Å²) in [5, 5.41) is 27.6. The molecule has 0 aliphatic heterocycles. The zero-order valence-electron chi connectivity index (χ0n) is 16.5. The van der Waals surface area contributed by atoms with E-state index in [1.54, 1.807) is 12.3 Å². The molecule has 1 atom stereocenters. The maximum atomic E-state index is 13.6. The number of H-pyrrole nitrogens is 1. The van der Waals surface area contributed by atoms with Crippen LogP contribution in [0.4, 0.5) is 21.5 Å². The summed E-state index contributed by atoms with van der Waals surface area (Å²) >= 11 is 9.49. The van der Waals surface area contributed by atoms with E-state index in [0.717, 1.165) is 15.9 Å². The lowest BCUT2D eigenvalue weighted by Crippen LogP contribution is -2.16. The Bertz CT molecular complexity index is 1310. The average Bonchev–Trinajstić information content (AvgIpc) is 3.31. The van der Waals surface area contributed by atoms with Gasteiger partial charge in [0.1, 0.15) is 17.6 Å². The van der Waals surface area contributed by atoms with Gasteiger partial charge in [-0.1, -0.05) is 11.6 Å². The highest BCUT2D eigenvalue weighted by atomic mass is 79.9. The predicted molar refractivity (Wildman–Crippen MR) is 125 cm³/mol. The first-order chi connectivity index (χ1) is 15.5. The molecule has 0 saturated carbocycles. The summed E-state index contributed by atoms with van der Waals surface area (Å²) in [6.45, 7) is 0.456. The fourth-order valence-electron chi connectivity index (χ4n) is 3.32. The Hall–Kier alpha value is -3.26. The zero-order chi connectivity index (χ0) is 22.7. The molecular weight excluding hydrogens is 499 g/mol. The number of nitrogens with two attached hydrogens (primary N) is 1. The SMILES string of the molecule is N#Cc1cnc2c(Br)cc(NC(CCN)c3cn[nH]n3)cc2c1Nc1ccc(F)c(Cl)c1. The molecule has 4 rings (SSSR count). The topological polar surface area (TPSA) is 128 Å². The molecule has 0 radical (unpaired) electrons. The van der Waals surface area contributed by atoms with Gasteiger partial charge in [-0.3, -0.25) is 4.98 Å². The molecule has 0 fully saturated rings. The second-order valence-corrected chi connectivity index (χ2v) is 8.20. The van der Waals surface area contributed by atoms with Crippen molar-refractivity contribution in [1.82, 2.24) is 20.4 Å². The number of benzene rings is 2. The van der Waals surface area contributed by atoms with Gasteiger partial charge in [-0.2, -0.15) is 20.7 Å². The summed E-state index contributed by atoms with van der Waals surface area (Å²) in [4.78, 5) is 4.42. The average molecular weight is 516 g/mol. The number of nitrogens with zero attached hydrogens (tertiary/aromatic N) is 4. The summed E-state index contributed by atoms with van der Waals surface area (Å²) in [5.74, 6) is -0.523. The smallest absolute Gasteiger partial charge is 0.141 e. The van der Waals surface area contributed by atoms with E-state index in [9.17, 15) is 9.65 Å². The zero-order valence-corrected chi connectivity index (χ0v) is 18.9. The Morgan fingerprint density at radius 3 is 2.78 bits per heavy atom. The summed E-state index contributed by atoms with van der Waals surface area (Å²) in [6, 6.07) is 10.0. The van der Waals surface area contributed by atoms with E-state index in [1.165, 1.54) is 18.3 Å². The number of hydrogen-bond acceptors (Lipinski definition) is 7.